The fourth-order valence-electron chi connectivity index (χ4n) is 3.12. The first kappa shape index (κ1) is 16.9. The van der Waals surface area contributed by atoms with Crippen LogP contribution in [0.1, 0.15) is 0 Å². The number of rotatable bonds is 5. The van der Waals surface area contributed by atoms with Gasteiger partial charge in [0.15, 0.2) is 11.5 Å². The molecule has 0 unspecified atom stereocenters. The minimum atomic E-state index is 0.546. The molecule has 0 radical (unpaired) electrons. The number of ether oxygens (including phenoxy) is 3. The molecular formula is C21H19N3O3. The lowest BCUT2D eigenvalue weighted by Gasteiger charge is -2.15. The molecule has 0 spiro atoms. The first-order chi connectivity index (χ1) is 13.2. The summed E-state index contributed by atoms with van der Waals surface area (Å²) in [6.07, 6.45) is 1.75. The summed E-state index contributed by atoms with van der Waals surface area (Å²) in [5.74, 6) is 2.46. The maximum atomic E-state index is 5.48. The molecule has 0 bridgehead atoms. The molecule has 4 aromatic rings. The second kappa shape index (κ2) is 6.99. The Balaban J connectivity index is 1.91. The molecule has 0 amide bonds. The van der Waals surface area contributed by atoms with Crippen molar-refractivity contribution >= 4 is 11.0 Å². The number of pyridine rings is 1. The zero-order valence-electron chi connectivity index (χ0n) is 15.3. The smallest absolute Gasteiger partial charge is 0.203 e. The van der Waals surface area contributed by atoms with E-state index in [0.29, 0.717) is 17.2 Å². The van der Waals surface area contributed by atoms with Gasteiger partial charge >= 0.3 is 0 Å². The van der Waals surface area contributed by atoms with Gasteiger partial charge in [-0.25, -0.2) is 4.98 Å². The quantitative estimate of drug-likeness (QED) is 0.573. The van der Waals surface area contributed by atoms with Crippen LogP contribution in [0.5, 0.6) is 17.2 Å². The maximum Gasteiger partial charge on any atom is 0.203 e. The Morgan fingerprint density at radius 3 is 2.26 bits per heavy atom. The van der Waals surface area contributed by atoms with Crippen molar-refractivity contribution in [1.82, 2.24) is 15.0 Å². The number of fused-ring (bicyclic) bond motifs is 1. The average molecular weight is 361 g/mol. The van der Waals surface area contributed by atoms with Crippen LogP contribution < -0.4 is 14.2 Å². The van der Waals surface area contributed by atoms with Crippen molar-refractivity contribution in [2.75, 3.05) is 21.3 Å². The Morgan fingerprint density at radius 2 is 1.59 bits per heavy atom. The number of hydrogen-bond donors (Lipinski definition) is 1. The lowest BCUT2D eigenvalue weighted by molar-refractivity contribution is 0.324. The van der Waals surface area contributed by atoms with Crippen molar-refractivity contribution in [2.24, 2.45) is 0 Å². The van der Waals surface area contributed by atoms with Crippen molar-refractivity contribution < 1.29 is 14.2 Å². The van der Waals surface area contributed by atoms with Gasteiger partial charge in [0.25, 0.3) is 0 Å². The molecule has 6 heteroatoms. The van der Waals surface area contributed by atoms with E-state index in [1.807, 2.05) is 48.5 Å². The summed E-state index contributed by atoms with van der Waals surface area (Å²) in [6.45, 7) is 0. The molecule has 6 nitrogen and oxygen atoms in total. The number of nitrogens with zero attached hydrogens (tertiary/aromatic N) is 2. The predicted molar refractivity (Wildman–Crippen MR) is 104 cm³/mol. The van der Waals surface area contributed by atoms with Crippen LogP contribution in [0.2, 0.25) is 0 Å². The van der Waals surface area contributed by atoms with Crippen molar-refractivity contribution in [1.29, 1.82) is 0 Å². The first-order valence-electron chi connectivity index (χ1n) is 8.45. The Bertz CT molecular complexity index is 1050. The molecule has 0 saturated carbocycles. The third-order valence-corrected chi connectivity index (χ3v) is 4.39. The number of benzene rings is 2. The van der Waals surface area contributed by atoms with Gasteiger partial charge < -0.3 is 19.2 Å². The predicted octanol–water partition coefficient (Wildman–Crippen LogP) is 4.32. The summed E-state index contributed by atoms with van der Waals surface area (Å²) in [7, 11) is 4.78. The first-order valence-corrected chi connectivity index (χ1v) is 8.45. The topological polar surface area (TPSA) is 69.3 Å². The highest BCUT2D eigenvalue weighted by Gasteiger charge is 2.18. The normalized spacial score (nSPS) is 10.8. The van der Waals surface area contributed by atoms with Gasteiger partial charge in [0.05, 0.1) is 38.1 Å². The molecule has 0 fully saturated rings. The van der Waals surface area contributed by atoms with E-state index in [-0.39, 0.29) is 0 Å². The molecule has 0 aliphatic heterocycles. The van der Waals surface area contributed by atoms with Gasteiger partial charge in [-0.05, 0) is 36.4 Å². The molecule has 0 atom stereocenters. The molecule has 2 aromatic heterocycles. The number of methoxy groups -OCH3 is 3. The van der Waals surface area contributed by atoms with Gasteiger partial charge in [-0.15, -0.1) is 0 Å². The maximum absolute atomic E-state index is 5.48. The monoisotopic (exact) mass is 361 g/mol. The van der Waals surface area contributed by atoms with Crippen LogP contribution in [0.25, 0.3) is 33.7 Å². The standard InChI is InChI=1S/C21H19N3O3/c1-25-17-11-13(12-18(26-2)20(17)27-3)19-14(7-6-10-22-19)21-23-15-8-4-5-9-16(15)24-21/h4-12H,1-3H3,(H,23,24). The molecule has 136 valence electrons. The minimum absolute atomic E-state index is 0.546. The summed E-state index contributed by atoms with van der Waals surface area (Å²) in [6, 6.07) is 15.6. The lowest BCUT2D eigenvalue weighted by atomic mass is 10.0. The number of hydrogen-bond acceptors (Lipinski definition) is 5. The van der Waals surface area contributed by atoms with E-state index >= 15 is 0 Å². The van der Waals surface area contributed by atoms with E-state index in [1.165, 1.54) is 0 Å². The molecule has 0 aliphatic carbocycles. The second-order valence-corrected chi connectivity index (χ2v) is 5.92. The molecule has 2 heterocycles. The molecule has 2 aromatic carbocycles. The van der Waals surface area contributed by atoms with Crippen molar-refractivity contribution in [3.05, 3.63) is 54.7 Å². The van der Waals surface area contributed by atoms with Crippen LogP contribution in [-0.4, -0.2) is 36.3 Å². The highest BCUT2D eigenvalue weighted by atomic mass is 16.5. The van der Waals surface area contributed by atoms with Crippen LogP contribution in [0, 0.1) is 0 Å². The summed E-state index contributed by atoms with van der Waals surface area (Å²) < 4.78 is 16.4. The Morgan fingerprint density at radius 1 is 0.852 bits per heavy atom. The summed E-state index contributed by atoms with van der Waals surface area (Å²) in [5, 5.41) is 0. The van der Waals surface area contributed by atoms with E-state index in [4.69, 9.17) is 19.2 Å². The van der Waals surface area contributed by atoms with E-state index in [0.717, 1.165) is 33.7 Å². The van der Waals surface area contributed by atoms with Crippen LogP contribution in [-0.2, 0) is 0 Å². The van der Waals surface area contributed by atoms with Gasteiger partial charge in [-0.2, -0.15) is 0 Å². The SMILES string of the molecule is COc1cc(-c2ncccc2-c2nc3ccccc3[nH]2)cc(OC)c1OC. The van der Waals surface area contributed by atoms with E-state index < -0.39 is 0 Å². The summed E-state index contributed by atoms with van der Waals surface area (Å²) >= 11 is 0. The van der Waals surface area contributed by atoms with Crippen LogP contribution in [0.15, 0.2) is 54.7 Å². The fourth-order valence-corrected chi connectivity index (χ4v) is 3.12. The van der Waals surface area contributed by atoms with Gasteiger partial charge in [-0.3, -0.25) is 4.98 Å². The third kappa shape index (κ3) is 2.95. The number of aromatic nitrogens is 3. The summed E-state index contributed by atoms with van der Waals surface area (Å²) in [5.41, 5.74) is 4.40. The zero-order valence-corrected chi connectivity index (χ0v) is 15.3. The second-order valence-electron chi connectivity index (χ2n) is 5.92. The molecule has 4 rings (SSSR count). The molecular weight excluding hydrogens is 342 g/mol. The van der Waals surface area contributed by atoms with E-state index in [2.05, 4.69) is 9.97 Å². The molecule has 0 saturated heterocycles. The molecule has 27 heavy (non-hydrogen) atoms. The number of aromatic amines is 1. The average Bonchev–Trinajstić information content (AvgIpc) is 3.16. The number of nitrogens with one attached hydrogen (secondary N) is 1. The summed E-state index contributed by atoms with van der Waals surface area (Å²) in [4.78, 5) is 12.7. The van der Waals surface area contributed by atoms with E-state index in [9.17, 15) is 0 Å². The van der Waals surface area contributed by atoms with Gasteiger partial charge in [0, 0.05) is 17.3 Å². The lowest BCUT2D eigenvalue weighted by Crippen LogP contribution is -1.97. The highest BCUT2D eigenvalue weighted by molar-refractivity contribution is 5.85. The Kier molecular flexibility index (Phi) is 4.38. The Hall–Kier alpha value is -3.54. The van der Waals surface area contributed by atoms with Gasteiger partial charge in [0.1, 0.15) is 5.82 Å². The number of imidazole rings is 1. The highest BCUT2D eigenvalue weighted by Crippen LogP contribution is 2.42. The largest absolute Gasteiger partial charge is 0.493 e. The van der Waals surface area contributed by atoms with Crippen molar-refractivity contribution in [3.63, 3.8) is 0 Å². The minimum Gasteiger partial charge on any atom is -0.493 e. The van der Waals surface area contributed by atoms with Gasteiger partial charge in [-0.1, -0.05) is 12.1 Å². The fraction of sp³-hybridized carbons (Fsp3) is 0.143. The zero-order chi connectivity index (χ0) is 18.8. The van der Waals surface area contributed by atoms with Crippen molar-refractivity contribution in [2.45, 2.75) is 0 Å². The van der Waals surface area contributed by atoms with Crippen LogP contribution >= 0.6 is 0 Å². The van der Waals surface area contributed by atoms with Crippen LogP contribution in [0.4, 0.5) is 0 Å². The number of para-hydroxylation sites is 2. The van der Waals surface area contributed by atoms with E-state index in [1.54, 1.807) is 27.5 Å². The Labute approximate surface area is 156 Å². The van der Waals surface area contributed by atoms with Gasteiger partial charge in [0.2, 0.25) is 5.75 Å². The van der Waals surface area contributed by atoms with Crippen LogP contribution in [0.3, 0.4) is 0 Å². The third-order valence-electron chi connectivity index (χ3n) is 4.39. The number of H-pyrrole nitrogens is 1. The van der Waals surface area contributed by atoms with Crippen molar-refractivity contribution in [3.8, 4) is 39.9 Å². The molecule has 0 aliphatic rings. The molecule has 1 N–H and O–H groups in total.